The molecule has 0 aliphatic rings. The van der Waals surface area contributed by atoms with E-state index in [1.54, 1.807) is 6.07 Å². The molecule has 0 saturated heterocycles. The van der Waals surface area contributed by atoms with E-state index in [2.05, 4.69) is 30.1 Å². The fourth-order valence-corrected chi connectivity index (χ4v) is 2.73. The number of fused-ring (bicyclic) bond motifs is 3. The van der Waals surface area contributed by atoms with Crippen molar-refractivity contribution in [3.05, 3.63) is 34.0 Å². The third-order valence-electron chi connectivity index (χ3n) is 2.80. The summed E-state index contributed by atoms with van der Waals surface area (Å²) in [6, 6.07) is 2.93. The summed E-state index contributed by atoms with van der Waals surface area (Å²) in [5.41, 5.74) is -5.17. The molecule has 12 heteroatoms. The van der Waals surface area contributed by atoms with E-state index < -0.39 is 21.5 Å². The Morgan fingerprint density at radius 1 is 1.30 bits per heavy atom. The van der Waals surface area contributed by atoms with Gasteiger partial charge in [0, 0.05) is 16.9 Å². The van der Waals surface area contributed by atoms with Gasteiger partial charge in [0.2, 0.25) is 5.65 Å². The van der Waals surface area contributed by atoms with Crippen LogP contribution < -0.4 is 4.18 Å². The third-order valence-corrected chi connectivity index (χ3v) is 4.94. The van der Waals surface area contributed by atoms with Crippen molar-refractivity contribution in [2.75, 3.05) is 0 Å². The first kappa shape index (κ1) is 16.3. The van der Waals surface area contributed by atoms with Gasteiger partial charge in [0.1, 0.15) is 0 Å². The average molecular weight is 431 g/mol. The maximum atomic E-state index is 12.5. The molecule has 0 aliphatic heterocycles. The molecule has 1 aromatic carbocycles. The molecule has 3 aromatic rings. The Hall–Kier alpha value is -1.59. The Kier molecular flexibility index (Phi) is 3.69. The molecule has 6 nitrogen and oxygen atoms in total. The van der Waals surface area contributed by atoms with Crippen molar-refractivity contribution >= 4 is 54.3 Å². The number of hydrogen-bond acceptors (Lipinski definition) is 5. The predicted molar refractivity (Wildman–Crippen MR) is 78.8 cm³/mol. The van der Waals surface area contributed by atoms with Crippen molar-refractivity contribution in [1.29, 1.82) is 0 Å². The minimum Gasteiger partial charge on any atom is -0.351 e. The first-order valence-corrected chi connectivity index (χ1v) is 8.30. The summed E-state index contributed by atoms with van der Waals surface area (Å²) in [7, 11) is -5.87. The summed E-state index contributed by atoms with van der Waals surface area (Å²) < 4.78 is 65.8. The van der Waals surface area contributed by atoms with Gasteiger partial charge >= 0.3 is 15.6 Å². The van der Waals surface area contributed by atoms with Crippen LogP contribution in [-0.4, -0.2) is 28.3 Å². The molecule has 0 fully saturated rings. The van der Waals surface area contributed by atoms with Crippen LogP contribution in [0, 0.1) is 0 Å². The molecule has 23 heavy (non-hydrogen) atoms. The topological polar surface area (TPSA) is 73.6 Å². The van der Waals surface area contributed by atoms with Crippen LogP contribution in [0.2, 0.25) is 5.02 Å². The summed E-state index contributed by atoms with van der Waals surface area (Å²) in [6.45, 7) is 0. The SMILES string of the molecule is O=S(=O)(Oc1nc2cc(Cl)c(Br)cc2n2ccnc12)C(F)(F)F. The van der Waals surface area contributed by atoms with Gasteiger partial charge < -0.3 is 4.18 Å². The first-order valence-electron chi connectivity index (χ1n) is 5.73. The van der Waals surface area contributed by atoms with Gasteiger partial charge in [0.15, 0.2) is 0 Å². The second kappa shape index (κ2) is 5.21. The number of halogens is 5. The molecular weight excluding hydrogens is 427 g/mol. The smallest absolute Gasteiger partial charge is 0.351 e. The van der Waals surface area contributed by atoms with E-state index in [1.807, 2.05) is 0 Å². The van der Waals surface area contributed by atoms with E-state index in [9.17, 15) is 21.6 Å². The van der Waals surface area contributed by atoms with Gasteiger partial charge in [0.25, 0.3) is 5.88 Å². The maximum absolute atomic E-state index is 12.5. The minimum absolute atomic E-state index is 0.135. The standard InChI is InChI=1S/C11H4BrClF3N3O3S/c12-5-3-8-7(4-6(5)13)18-10(9-17-1-2-19(8)9)22-23(20,21)11(14,15)16/h1-4H. The van der Waals surface area contributed by atoms with Crippen LogP contribution in [0.1, 0.15) is 0 Å². The highest BCUT2D eigenvalue weighted by atomic mass is 79.9. The Labute approximate surface area is 140 Å². The quantitative estimate of drug-likeness (QED) is 0.459. The molecule has 0 amide bonds. The molecular formula is C11H4BrClF3N3O3S. The van der Waals surface area contributed by atoms with E-state index in [-0.39, 0.29) is 16.2 Å². The van der Waals surface area contributed by atoms with Crippen molar-refractivity contribution in [1.82, 2.24) is 14.4 Å². The van der Waals surface area contributed by atoms with Gasteiger partial charge in [-0.1, -0.05) is 11.6 Å². The zero-order chi connectivity index (χ0) is 17.0. The van der Waals surface area contributed by atoms with Gasteiger partial charge in [-0.2, -0.15) is 21.6 Å². The molecule has 0 spiro atoms. The Morgan fingerprint density at radius 3 is 2.65 bits per heavy atom. The van der Waals surface area contributed by atoms with Gasteiger partial charge in [-0.15, -0.1) is 0 Å². The predicted octanol–water partition coefficient (Wildman–Crippen LogP) is 3.53. The lowest BCUT2D eigenvalue weighted by molar-refractivity contribution is -0.0500. The molecule has 0 saturated carbocycles. The Balaban J connectivity index is 2.29. The van der Waals surface area contributed by atoms with Gasteiger partial charge in [0.05, 0.1) is 16.1 Å². The van der Waals surface area contributed by atoms with Crippen LogP contribution in [0.4, 0.5) is 13.2 Å². The van der Waals surface area contributed by atoms with E-state index in [0.29, 0.717) is 9.99 Å². The highest BCUT2D eigenvalue weighted by Crippen LogP contribution is 2.32. The normalized spacial score (nSPS) is 12.9. The van der Waals surface area contributed by atoms with Crippen LogP contribution in [-0.2, 0) is 10.1 Å². The number of benzene rings is 1. The van der Waals surface area contributed by atoms with E-state index in [0.717, 1.165) is 0 Å². The van der Waals surface area contributed by atoms with Crippen LogP contribution in [0.15, 0.2) is 29.0 Å². The average Bonchev–Trinajstić information content (AvgIpc) is 2.89. The Morgan fingerprint density at radius 2 is 2.00 bits per heavy atom. The lowest BCUT2D eigenvalue weighted by Gasteiger charge is -2.11. The van der Waals surface area contributed by atoms with E-state index in [4.69, 9.17) is 11.6 Å². The van der Waals surface area contributed by atoms with Crippen LogP contribution >= 0.6 is 27.5 Å². The van der Waals surface area contributed by atoms with E-state index >= 15 is 0 Å². The van der Waals surface area contributed by atoms with Gasteiger partial charge in [-0.25, -0.2) is 9.97 Å². The Bertz CT molecular complexity index is 1040. The zero-order valence-corrected chi connectivity index (χ0v) is 13.8. The third kappa shape index (κ3) is 2.72. The van der Waals surface area contributed by atoms with E-state index in [1.165, 1.54) is 22.9 Å². The molecule has 0 unspecified atom stereocenters. The number of alkyl halides is 3. The number of hydrogen-bond donors (Lipinski definition) is 0. The minimum atomic E-state index is -5.87. The fraction of sp³-hybridized carbons (Fsp3) is 0.0909. The highest BCUT2D eigenvalue weighted by molar-refractivity contribution is 9.10. The molecule has 2 aromatic heterocycles. The number of aromatic nitrogens is 3. The van der Waals surface area contributed by atoms with Crippen LogP contribution in [0.25, 0.3) is 16.7 Å². The maximum Gasteiger partial charge on any atom is 0.534 e. The van der Waals surface area contributed by atoms with Crippen molar-refractivity contribution in [2.45, 2.75) is 5.51 Å². The largest absolute Gasteiger partial charge is 0.534 e. The summed E-state index contributed by atoms with van der Waals surface area (Å²) in [5.74, 6) is -0.793. The van der Waals surface area contributed by atoms with Crippen molar-refractivity contribution in [3.8, 4) is 5.88 Å². The van der Waals surface area contributed by atoms with Crippen LogP contribution in [0.3, 0.4) is 0 Å². The lowest BCUT2D eigenvalue weighted by atomic mass is 10.3. The molecule has 0 N–H and O–H groups in total. The molecule has 2 heterocycles. The summed E-state index contributed by atoms with van der Waals surface area (Å²) in [4.78, 5) is 7.57. The number of rotatable bonds is 2. The monoisotopic (exact) mass is 429 g/mol. The second-order valence-electron chi connectivity index (χ2n) is 4.28. The zero-order valence-electron chi connectivity index (χ0n) is 10.7. The second-order valence-corrected chi connectivity index (χ2v) is 7.08. The molecule has 3 rings (SSSR count). The number of imidazole rings is 1. The van der Waals surface area contributed by atoms with Gasteiger partial charge in [-0.3, -0.25) is 4.40 Å². The first-order chi connectivity index (χ1) is 10.6. The molecule has 0 aliphatic carbocycles. The fourth-order valence-electron chi connectivity index (χ4n) is 1.83. The van der Waals surface area contributed by atoms with Crippen LogP contribution in [0.5, 0.6) is 5.88 Å². The summed E-state index contributed by atoms with van der Waals surface area (Å²) in [6.07, 6.45) is 2.69. The lowest BCUT2D eigenvalue weighted by Crippen LogP contribution is -2.28. The molecule has 122 valence electrons. The molecule has 0 atom stereocenters. The van der Waals surface area contributed by atoms with Gasteiger partial charge in [-0.05, 0) is 28.1 Å². The number of nitrogens with zero attached hydrogens (tertiary/aromatic N) is 3. The summed E-state index contributed by atoms with van der Waals surface area (Å²) in [5, 5.41) is 0.245. The van der Waals surface area contributed by atoms with Crippen molar-refractivity contribution in [3.63, 3.8) is 0 Å². The summed E-state index contributed by atoms with van der Waals surface area (Å²) >= 11 is 9.13. The molecule has 0 radical (unpaired) electrons. The van der Waals surface area contributed by atoms with Crippen molar-refractivity contribution < 1.29 is 25.8 Å². The van der Waals surface area contributed by atoms with Crippen molar-refractivity contribution in [2.24, 2.45) is 0 Å². The highest BCUT2D eigenvalue weighted by Gasteiger charge is 2.49. The molecule has 0 bridgehead atoms.